The van der Waals surface area contributed by atoms with Crippen molar-refractivity contribution in [2.24, 2.45) is 0 Å². The molecule has 3 aromatic rings. The Bertz CT molecular complexity index is 811. The van der Waals surface area contributed by atoms with Crippen LogP contribution >= 0.6 is 11.6 Å². The summed E-state index contributed by atoms with van der Waals surface area (Å²) >= 11 is 5.98. The fraction of sp³-hybridized carbons (Fsp3) is 0.211. The van der Waals surface area contributed by atoms with E-state index >= 15 is 0 Å². The van der Waals surface area contributed by atoms with E-state index in [2.05, 4.69) is 22.4 Å². The van der Waals surface area contributed by atoms with Gasteiger partial charge >= 0.3 is 0 Å². The van der Waals surface area contributed by atoms with Crippen LogP contribution in [0.1, 0.15) is 29.4 Å². The fourth-order valence-corrected chi connectivity index (χ4v) is 2.81. The van der Waals surface area contributed by atoms with E-state index in [1.165, 1.54) is 5.56 Å². The topological polar surface area (TPSA) is 44.9 Å². The number of H-pyrrole nitrogens is 1. The summed E-state index contributed by atoms with van der Waals surface area (Å²) in [4.78, 5) is 15.5. The molecular weight excluding hydrogens is 308 g/mol. The number of aryl methyl sites for hydroxylation is 1. The molecule has 3 nitrogen and oxygen atoms in total. The van der Waals surface area contributed by atoms with E-state index < -0.39 is 0 Å². The number of rotatable bonds is 5. The summed E-state index contributed by atoms with van der Waals surface area (Å²) in [6.45, 7) is 2.03. The summed E-state index contributed by atoms with van der Waals surface area (Å²) < 4.78 is 0. The number of benzene rings is 2. The lowest BCUT2D eigenvalue weighted by molar-refractivity contribution is 0.0934. The van der Waals surface area contributed by atoms with Crippen LogP contribution in [0.3, 0.4) is 0 Å². The number of carbonyl (C=O) groups excluding carboxylic acids is 1. The number of hydrogen-bond donors (Lipinski definition) is 2. The molecule has 0 unspecified atom stereocenters. The molecule has 23 heavy (non-hydrogen) atoms. The summed E-state index contributed by atoms with van der Waals surface area (Å²) in [7, 11) is 0. The van der Waals surface area contributed by atoms with Crippen molar-refractivity contribution in [1.29, 1.82) is 0 Å². The van der Waals surface area contributed by atoms with Crippen molar-refractivity contribution < 1.29 is 4.79 Å². The monoisotopic (exact) mass is 326 g/mol. The number of halogens is 1. The first kappa shape index (κ1) is 15.6. The largest absolute Gasteiger partial charge is 0.351 e. The zero-order chi connectivity index (χ0) is 16.2. The summed E-state index contributed by atoms with van der Waals surface area (Å²) in [6.07, 6.45) is 1.85. The number of aromatic nitrogens is 1. The van der Waals surface area contributed by atoms with Crippen molar-refractivity contribution in [3.8, 4) is 0 Å². The molecule has 0 fully saturated rings. The van der Waals surface area contributed by atoms with Gasteiger partial charge in [-0.25, -0.2) is 0 Å². The molecule has 4 heteroatoms. The maximum Gasteiger partial charge on any atom is 0.267 e. The second kappa shape index (κ2) is 6.88. The number of fused-ring (bicyclic) bond motifs is 1. The van der Waals surface area contributed by atoms with Crippen molar-refractivity contribution in [2.75, 3.05) is 0 Å². The molecule has 0 aliphatic rings. The van der Waals surface area contributed by atoms with Crippen LogP contribution < -0.4 is 5.32 Å². The van der Waals surface area contributed by atoms with Gasteiger partial charge in [-0.2, -0.15) is 0 Å². The van der Waals surface area contributed by atoms with Gasteiger partial charge in [0.2, 0.25) is 0 Å². The molecule has 1 atom stereocenters. The van der Waals surface area contributed by atoms with Gasteiger partial charge in [-0.05, 0) is 49.6 Å². The van der Waals surface area contributed by atoms with E-state index in [4.69, 9.17) is 11.6 Å². The van der Waals surface area contributed by atoms with Gasteiger partial charge < -0.3 is 10.3 Å². The van der Waals surface area contributed by atoms with Crippen LogP contribution in [-0.4, -0.2) is 16.9 Å². The molecule has 0 saturated carbocycles. The number of amides is 1. The Hall–Kier alpha value is -2.26. The summed E-state index contributed by atoms with van der Waals surface area (Å²) in [6, 6.07) is 17.8. The Labute approximate surface area is 140 Å². The summed E-state index contributed by atoms with van der Waals surface area (Å²) in [5.41, 5.74) is 2.76. The Morgan fingerprint density at radius 2 is 1.96 bits per heavy atom. The van der Waals surface area contributed by atoms with E-state index in [0.29, 0.717) is 10.7 Å². The van der Waals surface area contributed by atoms with Gasteiger partial charge in [-0.3, -0.25) is 4.79 Å². The lowest BCUT2D eigenvalue weighted by Crippen LogP contribution is -2.33. The van der Waals surface area contributed by atoms with E-state index in [0.717, 1.165) is 23.7 Å². The van der Waals surface area contributed by atoms with Crippen molar-refractivity contribution in [3.05, 3.63) is 70.9 Å². The molecule has 0 aliphatic heterocycles. The third kappa shape index (κ3) is 3.93. The minimum atomic E-state index is -0.0853. The van der Waals surface area contributed by atoms with E-state index in [9.17, 15) is 4.79 Å². The molecule has 1 amide bonds. The molecule has 1 aromatic heterocycles. The first-order valence-electron chi connectivity index (χ1n) is 7.75. The molecule has 0 spiro atoms. The SMILES string of the molecule is C[C@H](CCc1ccccc1)NC(=O)c1cc2cc(Cl)ccc2[nH]1. The van der Waals surface area contributed by atoms with Crippen LogP contribution in [-0.2, 0) is 6.42 Å². The average molecular weight is 327 g/mol. The minimum Gasteiger partial charge on any atom is -0.351 e. The van der Waals surface area contributed by atoms with E-state index in [1.54, 1.807) is 0 Å². The van der Waals surface area contributed by atoms with E-state index in [1.807, 2.05) is 49.4 Å². The van der Waals surface area contributed by atoms with Crippen LogP contribution in [0.5, 0.6) is 0 Å². The van der Waals surface area contributed by atoms with Gasteiger partial charge in [0.05, 0.1) is 0 Å². The van der Waals surface area contributed by atoms with Gasteiger partial charge in [-0.1, -0.05) is 41.9 Å². The second-order valence-corrected chi connectivity index (χ2v) is 6.25. The standard InChI is InChI=1S/C19H19ClN2O/c1-13(7-8-14-5-3-2-4-6-14)21-19(23)18-12-15-11-16(20)9-10-17(15)22-18/h2-6,9-13,22H,7-8H2,1H3,(H,21,23)/t13-/m1/s1. The van der Waals surface area contributed by atoms with Crippen molar-refractivity contribution in [2.45, 2.75) is 25.8 Å². The third-order valence-electron chi connectivity index (χ3n) is 3.91. The van der Waals surface area contributed by atoms with Crippen molar-refractivity contribution in [3.63, 3.8) is 0 Å². The molecule has 2 aromatic carbocycles. The molecule has 2 N–H and O–H groups in total. The van der Waals surface area contributed by atoms with Crippen LogP contribution in [0.25, 0.3) is 10.9 Å². The zero-order valence-corrected chi connectivity index (χ0v) is 13.7. The van der Waals surface area contributed by atoms with Gasteiger partial charge in [0.15, 0.2) is 0 Å². The van der Waals surface area contributed by atoms with Gasteiger partial charge in [0, 0.05) is 22.0 Å². The molecule has 118 valence electrons. The molecule has 0 radical (unpaired) electrons. The smallest absolute Gasteiger partial charge is 0.267 e. The zero-order valence-electron chi connectivity index (χ0n) is 13.0. The highest BCUT2D eigenvalue weighted by Gasteiger charge is 2.12. The number of aromatic amines is 1. The average Bonchev–Trinajstić information content (AvgIpc) is 2.97. The lowest BCUT2D eigenvalue weighted by Gasteiger charge is -2.13. The highest BCUT2D eigenvalue weighted by atomic mass is 35.5. The molecule has 3 rings (SSSR count). The highest BCUT2D eigenvalue weighted by Crippen LogP contribution is 2.20. The summed E-state index contributed by atoms with van der Waals surface area (Å²) in [5, 5.41) is 4.65. The number of hydrogen-bond acceptors (Lipinski definition) is 1. The highest BCUT2D eigenvalue weighted by molar-refractivity contribution is 6.31. The predicted octanol–water partition coefficient (Wildman–Crippen LogP) is 4.57. The Kier molecular flexibility index (Phi) is 4.68. The van der Waals surface area contributed by atoms with Crippen molar-refractivity contribution >= 4 is 28.4 Å². The molecule has 0 saturated heterocycles. The Morgan fingerprint density at radius 1 is 1.17 bits per heavy atom. The van der Waals surface area contributed by atoms with Gasteiger partial charge in [0.25, 0.3) is 5.91 Å². The van der Waals surface area contributed by atoms with Crippen LogP contribution in [0.2, 0.25) is 5.02 Å². The predicted molar refractivity (Wildman–Crippen MR) is 95.0 cm³/mol. The third-order valence-corrected chi connectivity index (χ3v) is 4.15. The van der Waals surface area contributed by atoms with Crippen LogP contribution in [0.4, 0.5) is 0 Å². The Morgan fingerprint density at radius 3 is 2.74 bits per heavy atom. The molecule has 0 aliphatic carbocycles. The van der Waals surface area contributed by atoms with Gasteiger partial charge in [-0.15, -0.1) is 0 Å². The number of nitrogens with one attached hydrogen (secondary N) is 2. The van der Waals surface area contributed by atoms with Gasteiger partial charge in [0.1, 0.15) is 5.69 Å². The van der Waals surface area contributed by atoms with Crippen LogP contribution in [0.15, 0.2) is 54.6 Å². The van der Waals surface area contributed by atoms with E-state index in [-0.39, 0.29) is 11.9 Å². The number of carbonyl (C=O) groups is 1. The second-order valence-electron chi connectivity index (χ2n) is 5.81. The maximum atomic E-state index is 12.3. The summed E-state index contributed by atoms with van der Waals surface area (Å²) in [5.74, 6) is -0.0853. The quantitative estimate of drug-likeness (QED) is 0.708. The first-order valence-corrected chi connectivity index (χ1v) is 8.12. The minimum absolute atomic E-state index is 0.0853. The maximum absolute atomic E-state index is 12.3. The van der Waals surface area contributed by atoms with Crippen molar-refractivity contribution in [1.82, 2.24) is 10.3 Å². The molecule has 0 bridgehead atoms. The Balaban J connectivity index is 1.61. The fourth-order valence-electron chi connectivity index (χ4n) is 2.63. The normalized spacial score (nSPS) is 12.3. The van der Waals surface area contributed by atoms with Crippen LogP contribution in [0, 0.1) is 0 Å². The molecule has 1 heterocycles. The lowest BCUT2D eigenvalue weighted by atomic mass is 10.1. The first-order chi connectivity index (χ1) is 11.1. The molecular formula is C19H19ClN2O.